The number of hydrogen-bond acceptors (Lipinski definition) is 4. The molecule has 0 saturated carbocycles. The van der Waals surface area contributed by atoms with Crippen LogP contribution in [0.25, 0.3) is 0 Å². The Balaban J connectivity index is 1.69. The van der Waals surface area contributed by atoms with E-state index in [0.29, 0.717) is 31.6 Å². The molecule has 7 heteroatoms. The van der Waals surface area contributed by atoms with E-state index in [1.54, 1.807) is 30.3 Å². The van der Waals surface area contributed by atoms with Crippen LogP contribution in [0.4, 0.5) is 15.8 Å². The first-order valence-corrected chi connectivity index (χ1v) is 7.54. The zero-order chi connectivity index (χ0) is 17.4. The molecule has 0 atom stereocenters. The second kappa shape index (κ2) is 8.61. The van der Waals surface area contributed by atoms with Gasteiger partial charge in [0, 0.05) is 25.6 Å². The maximum Gasteiger partial charge on any atom is 0.292 e. The smallest absolute Gasteiger partial charge is 0.292 e. The van der Waals surface area contributed by atoms with E-state index in [9.17, 15) is 19.3 Å². The standard InChI is InChI=1S/C17H18FN3O3/c18-14-8-5-13(6-9-14)7-10-17(22)20-12-11-19-15-3-1-2-4-16(15)21(23)24/h1-6,8-9,19H,7,10-12H2,(H,20,22). The van der Waals surface area contributed by atoms with Crippen LogP contribution in [0.5, 0.6) is 0 Å². The van der Waals surface area contributed by atoms with Crippen LogP contribution in [0.2, 0.25) is 0 Å². The summed E-state index contributed by atoms with van der Waals surface area (Å²) in [5.41, 5.74) is 1.31. The summed E-state index contributed by atoms with van der Waals surface area (Å²) in [7, 11) is 0. The highest BCUT2D eigenvalue weighted by atomic mass is 19.1. The summed E-state index contributed by atoms with van der Waals surface area (Å²) in [4.78, 5) is 22.2. The molecule has 0 radical (unpaired) electrons. The van der Waals surface area contributed by atoms with E-state index in [-0.39, 0.29) is 17.4 Å². The van der Waals surface area contributed by atoms with Gasteiger partial charge in [-0.15, -0.1) is 0 Å². The van der Waals surface area contributed by atoms with Crippen LogP contribution in [0.1, 0.15) is 12.0 Å². The van der Waals surface area contributed by atoms with E-state index in [1.807, 2.05) is 0 Å². The maximum atomic E-state index is 12.8. The topological polar surface area (TPSA) is 84.3 Å². The van der Waals surface area contributed by atoms with Crippen LogP contribution in [0.3, 0.4) is 0 Å². The third-order valence-corrected chi connectivity index (χ3v) is 3.42. The van der Waals surface area contributed by atoms with Gasteiger partial charge in [0.15, 0.2) is 0 Å². The molecule has 2 aromatic carbocycles. The fraction of sp³-hybridized carbons (Fsp3) is 0.235. The third kappa shape index (κ3) is 5.35. The van der Waals surface area contributed by atoms with Crippen LogP contribution in [-0.4, -0.2) is 23.9 Å². The van der Waals surface area contributed by atoms with Crippen molar-refractivity contribution in [2.45, 2.75) is 12.8 Å². The van der Waals surface area contributed by atoms with Crippen LogP contribution in [0, 0.1) is 15.9 Å². The van der Waals surface area contributed by atoms with Crippen LogP contribution >= 0.6 is 0 Å². The van der Waals surface area contributed by atoms with Gasteiger partial charge in [-0.3, -0.25) is 14.9 Å². The van der Waals surface area contributed by atoms with Crippen LogP contribution in [-0.2, 0) is 11.2 Å². The highest BCUT2D eigenvalue weighted by molar-refractivity contribution is 5.76. The van der Waals surface area contributed by atoms with E-state index in [4.69, 9.17) is 0 Å². The lowest BCUT2D eigenvalue weighted by Gasteiger charge is -2.08. The van der Waals surface area contributed by atoms with Gasteiger partial charge in [-0.05, 0) is 30.2 Å². The Morgan fingerprint density at radius 1 is 1.08 bits per heavy atom. The van der Waals surface area contributed by atoms with Crippen LogP contribution in [0.15, 0.2) is 48.5 Å². The molecule has 6 nitrogen and oxygen atoms in total. The molecule has 0 aliphatic heterocycles. The van der Waals surface area contributed by atoms with Gasteiger partial charge in [0.1, 0.15) is 11.5 Å². The predicted octanol–water partition coefficient (Wildman–Crippen LogP) is 2.89. The summed E-state index contributed by atoms with van der Waals surface area (Å²) in [5.74, 6) is -0.423. The molecule has 24 heavy (non-hydrogen) atoms. The zero-order valence-corrected chi connectivity index (χ0v) is 13.0. The van der Waals surface area contributed by atoms with Crippen molar-refractivity contribution >= 4 is 17.3 Å². The number of nitrogens with one attached hydrogen (secondary N) is 2. The number of nitrogens with zero attached hydrogens (tertiary/aromatic N) is 1. The van der Waals surface area contributed by atoms with Gasteiger partial charge < -0.3 is 10.6 Å². The fourth-order valence-corrected chi connectivity index (χ4v) is 2.18. The lowest BCUT2D eigenvalue weighted by Crippen LogP contribution is -2.29. The van der Waals surface area contributed by atoms with Crippen molar-refractivity contribution < 1.29 is 14.1 Å². The number of para-hydroxylation sites is 2. The minimum Gasteiger partial charge on any atom is -0.378 e. The van der Waals surface area contributed by atoms with Gasteiger partial charge in [-0.1, -0.05) is 24.3 Å². The number of anilines is 1. The molecule has 2 N–H and O–H groups in total. The summed E-state index contributed by atoms with van der Waals surface area (Å²) in [6, 6.07) is 12.4. The molecule has 2 aromatic rings. The Kier molecular flexibility index (Phi) is 6.24. The van der Waals surface area contributed by atoms with Crippen molar-refractivity contribution in [1.29, 1.82) is 0 Å². The Bertz CT molecular complexity index is 704. The van der Waals surface area contributed by atoms with Crippen LogP contribution < -0.4 is 10.6 Å². The number of carbonyl (C=O) groups excluding carboxylic acids is 1. The quantitative estimate of drug-likeness (QED) is 0.442. The number of nitro benzene ring substituents is 1. The lowest BCUT2D eigenvalue weighted by molar-refractivity contribution is -0.384. The average molecular weight is 331 g/mol. The Morgan fingerprint density at radius 2 is 1.79 bits per heavy atom. The number of rotatable bonds is 8. The highest BCUT2D eigenvalue weighted by Gasteiger charge is 2.11. The molecule has 0 heterocycles. The molecule has 0 spiro atoms. The summed E-state index contributed by atoms with van der Waals surface area (Å²) >= 11 is 0. The molecule has 0 aromatic heterocycles. The highest BCUT2D eigenvalue weighted by Crippen LogP contribution is 2.22. The Labute approximate surface area is 138 Å². The van der Waals surface area contributed by atoms with E-state index in [2.05, 4.69) is 10.6 Å². The summed E-state index contributed by atoms with van der Waals surface area (Å²) < 4.78 is 12.8. The summed E-state index contributed by atoms with van der Waals surface area (Å²) in [6.45, 7) is 0.738. The Hall–Kier alpha value is -2.96. The molecule has 1 amide bonds. The van der Waals surface area contributed by atoms with E-state index in [0.717, 1.165) is 5.56 Å². The third-order valence-electron chi connectivity index (χ3n) is 3.42. The van der Waals surface area contributed by atoms with E-state index in [1.165, 1.54) is 18.2 Å². The molecule has 0 aliphatic rings. The minimum atomic E-state index is -0.455. The number of benzene rings is 2. The molecule has 0 fully saturated rings. The largest absolute Gasteiger partial charge is 0.378 e. The van der Waals surface area contributed by atoms with Gasteiger partial charge in [-0.2, -0.15) is 0 Å². The van der Waals surface area contributed by atoms with Crippen molar-refractivity contribution in [1.82, 2.24) is 5.32 Å². The van der Waals surface area contributed by atoms with E-state index < -0.39 is 4.92 Å². The van der Waals surface area contributed by atoms with Gasteiger partial charge in [0.2, 0.25) is 5.91 Å². The monoisotopic (exact) mass is 331 g/mol. The second-order valence-corrected chi connectivity index (χ2v) is 5.18. The number of nitro groups is 1. The second-order valence-electron chi connectivity index (χ2n) is 5.18. The Morgan fingerprint density at radius 3 is 2.50 bits per heavy atom. The molecular weight excluding hydrogens is 313 g/mol. The molecule has 0 unspecified atom stereocenters. The number of carbonyl (C=O) groups is 1. The number of halogens is 1. The summed E-state index contributed by atoms with van der Waals surface area (Å²) in [6.07, 6.45) is 0.834. The lowest BCUT2D eigenvalue weighted by atomic mass is 10.1. The first-order valence-electron chi connectivity index (χ1n) is 7.54. The minimum absolute atomic E-state index is 0.000126. The van der Waals surface area contributed by atoms with Crippen molar-refractivity contribution in [2.24, 2.45) is 0 Å². The fourth-order valence-electron chi connectivity index (χ4n) is 2.18. The molecule has 126 valence electrons. The summed E-state index contributed by atoms with van der Waals surface area (Å²) in [5, 5.41) is 16.5. The van der Waals surface area contributed by atoms with Crippen molar-refractivity contribution in [3.8, 4) is 0 Å². The maximum absolute atomic E-state index is 12.8. The average Bonchev–Trinajstić information content (AvgIpc) is 2.58. The van der Waals surface area contributed by atoms with Gasteiger partial charge in [0.25, 0.3) is 5.69 Å². The molecule has 0 bridgehead atoms. The van der Waals surface area contributed by atoms with E-state index >= 15 is 0 Å². The van der Waals surface area contributed by atoms with Crippen molar-refractivity contribution in [2.75, 3.05) is 18.4 Å². The van der Waals surface area contributed by atoms with Gasteiger partial charge in [0.05, 0.1) is 4.92 Å². The van der Waals surface area contributed by atoms with Crippen molar-refractivity contribution in [3.63, 3.8) is 0 Å². The normalized spacial score (nSPS) is 10.2. The first-order chi connectivity index (χ1) is 11.6. The predicted molar refractivity (Wildman–Crippen MR) is 89.3 cm³/mol. The molecule has 2 rings (SSSR count). The first kappa shape index (κ1) is 17.4. The SMILES string of the molecule is O=C(CCc1ccc(F)cc1)NCCNc1ccccc1[N+](=O)[O-]. The molecule has 0 saturated heterocycles. The molecular formula is C17H18FN3O3. The zero-order valence-electron chi connectivity index (χ0n) is 13.0. The number of hydrogen-bond donors (Lipinski definition) is 2. The van der Waals surface area contributed by atoms with Gasteiger partial charge >= 0.3 is 0 Å². The van der Waals surface area contributed by atoms with Crippen molar-refractivity contribution in [3.05, 3.63) is 70.0 Å². The number of amides is 1. The van der Waals surface area contributed by atoms with Gasteiger partial charge in [-0.25, -0.2) is 4.39 Å². The number of aryl methyl sites for hydroxylation is 1. The molecule has 0 aliphatic carbocycles.